The number of hydrogen-bond acceptors (Lipinski definition) is 7. The zero-order valence-electron chi connectivity index (χ0n) is 15.6. The third-order valence-corrected chi connectivity index (χ3v) is 3.94. The largest absolute Gasteiger partial charge is 0.493 e. The van der Waals surface area contributed by atoms with E-state index in [0.29, 0.717) is 29.2 Å². The number of nitro benzene ring substituents is 1. The predicted octanol–water partition coefficient (Wildman–Crippen LogP) is 3.47. The van der Waals surface area contributed by atoms with E-state index in [1.165, 1.54) is 39.5 Å². The maximum absolute atomic E-state index is 12.1. The highest BCUT2D eigenvalue weighted by atomic mass is 16.6. The van der Waals surface area contributed by atoms with Crippen LogP contribution in [0.3, 0.4) is 0 Å². The molecular weight excluding hydrogens is 354 g/mol. The number of methoxy groups -OCH3 is 3. The van der Waals surface area contributed by atoms with Crippen molar-refractivity contribution in [2.45, 2.75) is 19.8 Å². The third-order valence-electron chi connectivity index (χ3n) is 3.94. The molecule has 0 saturated heterocycles. The fraction of sp³-hybridized carbons (Fsp3) is 0.316. The first-order valence-corrected chi connectivity index (χ1v) is 8.14. The van der Waals surface area contributed by atoms with E-state index in [1.807, 2.05) is 0 Å². The molecule has 0 aromatic heterocycles. The molecule has 8 heteroatoms. The van der Waals surface area contributed by atoms with Crippen LogP contribution in [0.1, 0.15) is 17.5 Å². The molecule has 0 unspecified atom stereocenters. The average molecular weight is 375 g/mol. The maximum atomic E-state index is 12.1. The summed E-state index contributed by atoms with van der Waals surface area (Å²) in [6, 6.07) is 7.73. The van der Waals surface area contributed by atoms with Crippen LogP contribution in [0.5, 0.6) is 23.0 Å². The summed E-state index contributed by atoms with van der Waals surface area (Å²) in [6.45, 7) is 1.59. The summed E-state index contributed by atoms with van der Waals surface area (Å²) in [7, 11) is 4.56. The first kappa shape index (κ1) is 20.0. The van der Waals surface area contributed by atoms with Crippen LogP contribution in [0.4, 0.5) is 5.69 Å². The van der Waals surface area contributed by atoms with E-state index >= 15 is 0 Å². The van der Waals surface area contributed by atoms with E-state index in [1.54, 1.807) is 19.1 Å². The lowest BCUT2D eigenvalue weighted by Gasteiger charge is -2.14. The van der Waals surface area contributed by atoms with Crippen molar-refractivity contribution in [2.24, 2.45) is 0 Å². The van der Waals surface area contributed by atoms with Gasteiger partial charge in [-0.05, 0) is 43.2 Å². The topological polar surface area (TPSA) is 97.1 Å². The number of nitrogens with zero attached hydrogens (tertiary/aromatic N) is 1. The van der Waals surface area contributed by atoms with E-state index in [4.69, 9.17) is 18.9 Å². The zero-order chi connectivity index (χ0) is 20.0. The fourth-order valence-electron chi connectivity index (χ4n) is 2.60. The molecule has 2 aromatic rings. The molecule has 0 bridgehead atoms. The molecule has 0 aliphatic rings. The molecule has 0 saturated carbocycles. The zero-order valence-corrected chi connectivity index (χ0v) is 15.6. The van der Waals surface area contributed by atoms with E-state index < -0.39 is 10.9 Å². The van der Waals surface area contributed by atoms with Gasteiger partial charge in [-0.25, -0.2) is 0 Å². The molecule has 27 heavy (non-hydrogen) atoms. The highest BCUT2D eigenvalue weighted by Crippen LogP contribution is 2.38. The normalized spacial score (nSPS) is 10.2. The molecule has 0 aliphatic carbocycles. The number of carbonyl (C=O) groups is 1. The molecule has 0 fully saturated rings. The summed E-state index contributed by atoms with van der Waals surface area (Å²) in [4.78, 5) is 22.5. The molecule has 0 spiro atoms. The van der Waals surface area contributed by atoms with Gasteiger partial charge >= 0.3 is 5.97 Å². The van der Waals surface area contributed by atoms with Gasteiger partial charge in [-0.3, -0.25) is 14.9 Å². The van der Waals surface area contributed by atoms with Crippen molar-refractivity contribution in [1.82, 2.24) is 0 Å². The average Bonchev–Trinajstić information content (AvgIpc) is 2.65. The van der Waals surface area contributed by atoms with Crippen molar-refractivity contribution in [2.75, 3.05) is 21.3 Å². The molecule has 0 aliphatic heterocycles. The number of hydrogen-bond donors (Lipinski definition) is 0. The van der Waals surface area contributed by atoms with E-state index in [-0.39, 0.29) is 17.9 Å². The van der Waals surface area contributed by atoms with Crippen molar-refractivity contribution < 1.29 is 28.7 Å². The smallest absolute Gasteiger partial charge is 0.311 e. The number of nitro groups is 1. The Balaban J connectivity index is 2.05. The summed E-state index contributed by atoms with van der Waals surface area (Å²) in [6.07, 6.45) is 0.524. The minimum absolute atomic E-state index is 0.0211. The van der Waals surface area contributed by atoms with Gasteiger partial charge in [0.15, 0.2) is 11.5 Å². The standard InChI is InChI=1S/C19H21NO7/c1-12-9-14(6-7-15(12)20(22)23)27-18(21)8-5-13-10-16(24-2)19(26-4)17(11-13)25-3/h6-7,9-11H,5,8H2,1-4H3. The van der Waals surface area contributed by atoms with E-state index in [9.17, 15) is 14.9 Å². The van der Waals surface area contributed by atoms with Crippen molar-refractivity contribution >= 4 is 11.7 Å². The van der Waals surface area contributed by atoms with E-state index in [2.05, 4.69) is 0 Å². The van der Waals surface area contributed by atoms with Crippen LogP contribution in [0, 0.1) is 17.0 Å². The Morgan fingerprint density at radius 1 is 1.04 bits per heavy atom. The number of aryl methyl sites for hydroxylation is 2. The molecule has 0 amide bonds. The highest BCUT2D eigenvalue weighted by Gasteiger charge is 2.15. The lowest BCUT2D eigenvalue weighted by atomic mass is 10.1. The monoisotopic (exact) mass is 375 g/mol. The Hall–Kier alpha value is -3.29. The van der Waals surface area contributed by atoms with Crippen molar-refractivity contribution in [3.63, 3.8) is 0 Å². The second kappa shape index (κ2) is 8.88. The van der Waals surface area contributed by atoms with Crippen LogP contribution in [0.25, 0.3) is 0 Å². The van der Waals surface area contributed by atoms with Crippen LogP contribution in [0.2, 0.25) is 0 Å². The van der Waals surface area contributed by atoms with Gasteiger partial charge in [-0.1, -0.05) is 0 Å². The molecule has 0 N–H and O–H groups in total. The van der Waals surface area contributed by atoms with Crippen molar-refractivity contribution in [3.8, 4) is 23.0 Å². The fourth-order valence-corrected chi connectivity index (χ4v) is 2.60. The van der Waals surface area contributed by atoms with Crippen molar-refractivity contribution in [3.05, 3.63) is 51.6 Å². The van der Waals surface area contributed by atoms with Crippen LogP contribution in [-0.2, 0) is 11.2 Å². The van der Waals surface area contributed by atoms with Gasteiger partial charge in [0.2, 0.25) is 5.75 Å². The predicted molar refractivity (Wildman–Crippen MR) is 97.9 cm³/mol. The third kappa shape index (κ3) is 4.87. The number of ether oxygens (including phenoxy) is 4. The Labute approximate surface area is 156 Å². The summed E-state index contributed by atoms with van der Waals surface area (Å²) >= 11 is 0. The Morgan fingerprint density at radius 3 is 2.15 bits per heavy atom. The molecule has 0 atom stereocenters. The molecule has 2 aromatic carbocycles. The van der Waals surface area contributed by atoms with Gasteiger partial charge in [-0.2, -0.15) is 0 Å². The lowest BCUT2D eigenvalue weighted by molar-refractivity contribution is -0.385. The second-order valence-corrected chi connectivity index (χ2v) is 5.71. The quantitative estimate of drug-likeness (QED) is 0.302. The molecule has 0 radical (unpaired) electrons. The van der Waals surface area contributed by atoms with Gasteiger partial charge in [0.05, 0.1) is 26.3 Å². The van der Waals surface area contributed by atoms with Crippen LogP contribution in [-0.4, -0.2) is 32.2 Å². The summed E-state index contributed by atoms with van der Waals surface area (Å²) in [5.41, 5.74) is 1.23. The molecule has 8 nitrogen and oxygen atoms in total. The van der Waals surface area contributed by atoms with Gasteiger partial charge in [-0.15, -0.1) is 0 Å². The van der Waals surface area contributed by atoms with Crippen LogP contribution < -0.4 is 18.9 Å². The molecular formula is C19H21NO7. The van der Waals surface area contributed by atoms with Gasteiger partial charge in [0.25, 0.3) is 5.69 Å². The number of benzene rings is 2. The lowest BCUT2D eigenvalue weighted by Crippen LogP contribution is -2.09. The first-order valence-electron chi connectivity index (χ1n) is 8.14. The molecule has 144 valence electrons. The Bertz CT molecular complexity index is 823. The minimum Gasteiger partial charge on any atom is -0.493 e. The van der Waals surface area contributed by atoms with Crippen LogP contribution in [0.15, 0.2) is 30.3 Å². The SMILES string of the molecule is COc1cc(CCC(=O)Oc2ccc([N+](=O)[O-])c(C)c2)cc(OC)c1OC. The maximum Gasteiger partial charge on any atom is 0.311 e. The number of esters is 1. The van der Waals surface area contributed by atoms with Gasteiger partial charge < -0.3 is 18.9 Å². The van der Waals surface area contributed by atoms with Gasteiger partial charge in [0.1, 0.15) is 5.75 Å². The summed E-state index contributed by atoms with van der Waals surface area (Å²) < 4.78 is 21.1. The molecule has 2 rings (SSSR count). The second-order valence-electron chi connectivity index (χ2n) is 5.71. The number of carbonyl (C=O) groups excluding carboxylic acids is 1. The molecule has 0 heterocycles. The Kier molecular flexibility index (Phi) is 6.59. The van der Waals surface area contributed by atoms with Crippen molar-refractivity contribution in [1.29, 1.82) is 0 Å². The highest BCUT2D eigenvalue weighted by molar-refractivity contribution is 5.73. The first-order chi connectivity index (χ1) is 12.9. The summed E-state index contributed by atoms with van der Waals surface area (Å²) in [5, 5.41) is 10.8. The van der Waals surface area contributed by atoms with Crippen LogP contribution >= 0.6 is 0 Å². The van der Waals surface area contributed by atoms with Gasteiger partial charge in [0, 0.05) is 18.1 Å². The summed E-state index contributed by atoms with van der Waals surface area (Å²) in [5.74, 6) is 1.31. The number of rotatable bonds is 8. The Morgan fingerprint density at radius 2 is 1.67 bits per heavy atom. The minimum atomic E-state index is -0.481. The van der Waals surface area contributed by atoms with E-state index in [0.717, 1.165) is 5.56 Å².